The van der Waals surface area contributed by atoms with Crippen molar-refractivity contribution < 1.29 is 14.3 Å². The largest absolute Gasteiger partial charge is 0.467 e. The third kappa shape index (κ3) is 6.06. The molecule has 0 aliphatic heterocycles. The second-order valence-electron chi connectivity index (χ2n) is 6.78. The van der Waals surface area contributed by atoms with E-state index in [0.29, 0.717) is 11.6 Å². The first-order valence-electron chi connectivity index (χ1n) is 8.67. The molecule has 0 aliphatic carbocycles. The van der Waals surface area contributed by atoms with Crippen LogP contribution in [0.5, 0.6) is 0 Å². The minimum Gasteiger partial charge on any atom is -0.467 e. The Morgan fingerprint density at radius 2 is 1.89 bits per heavy atom. The number of hydrogen-bond donors (Lipinski definition) is 1. The molecule has 1 N–H and O–H groups in total. The first-order valence-corrected chi connectivity index (χ1v) is 9.65. The van der Waals surface area contributed by atoms with Crippen LogP contribution in [-0.4, -0.2) is 51.0 Å². The summed E-state index contributed by atoms with van der Waals surface area (Å²) in [6, 6.07) is 5.36. The van der Waals surface area contributed by atoms with Gasteiger partial charge in [-0.25, -0.2) is 4.79 Å². The van der Waals surface area contributed by atoms with Crippen molar-refractivity contribution in [2.24, 2.45) is 5.92 Å². The lowest BCUT2D eigenvalue weighted by Crippen LogP contribution is -2.43. The van der Waals surface area contributed by atoms with Crippen LogP contribution in [0.25, 0.3) is 5.69 Å². The van der Waals surface area contributed by atoms with Gasteiger partial charge in [-0.05, 0) is 59.9 Å². The van der Waals surface area contributed by atoms with Gasteiger partial charge in [0.15, 0.2) is 0 Å². The molecule has 1 atom stereocenters. The molecule has 0 saturated heterocycles. The molecular formula is C18H25N5O3S. The number of esters is 1. The molecule has 146 valence electrons. The third-order valence-electron chi connectivity index (χ3n) is 3.75. The summed E-state index contributed by atoms with van der Waals surface area (Å²) in [5.41, 5.74) is 3.04. The summed E-state index contributed by atoms with van der Waals surface area (Å²) in [4.78, 5) is 24.1. The molecule has 0 unspecified atom stereocenters. The van der Waals surface area contributed by atoms with Gasteiger partial charge in [-0.3, -0.25) is 4.79 Å². The van der Waals surface area contributed by atoms with Gasteiger partial charge in [0.25, 0.3) is 0 Å². The maximum Gasteiger partial charge on any atom is 0.328 e. The van der Waals surface area contributed by atoms with Crippen molar-refractivity contribution in [3.05, 3.63) is 29.3 Å². The molecule has 27 heavy (non-hydrogen) atoms. The zero-order chi connectivity index (χ0) is 20.0. The highest BCUT2D eigenvalue weighted by molar-refractivity contribution is 7.99. The van der Waals surface area contributed by atoms with Crippen molar-refractivity contribution in [2.45, 2.75) is 45.3 Å². The van der Waals surface area contributed by atoms with Crippen molar-refractivity contribution in [3.63, 3.8) is 0 Å². The second kappa shape index (κ2) is 9.50. The normalized spacial score (nSPS) is 12.1. The smallest absolute Gasteiger partial charge is 0.328 e. The Morgan fingerprint density at radius 3 is 2.48 bits per heavy atom. The predicted molar refractivity (Wildman–Crippen MR) is 103 cm³/mol. The summed E-state index contributed by atoms with van der Waals surface area (Å²) < 4.78 is 6.37. The van der Waals surface area contributed by atoms with Crippen LogP contribution in [0.15, 0.2) is 23.4 Å². The standard InChI is InChI=1S/C18H25N5O3S/c1-11(2)6-15(17(25)26-5)19-16(24)10-27-18-20-21-22-23(18)14-8-12(3)7-13(4)9-14/h7-9,11,15H,6,10H2,1-5H3,(H,19,24)/t15-/m0/s1. The van der Waals surface area contributed by atoms with Crippen molar-refractivity contribution in [3.8, 4) is 5.69 Å². The average Bonchev–Trinajstić information content (AvgIpc) is 3.06. The Hall–Kier alpha value is -2.42. The van der Waals surface area contributed by atoms with E-state index in [1.165, 1.54) is 18.9 Å². The summed E-state index contributed by atoms with van der Waals surface area (Å²) in [6.07, 6.45) is 0.517. The zero-order valence-electron chi connectivity index (χ0n) is 16.2. The number of aryl methyl sites for hydroxylation is 2. The van der Waals surface area contributed by atoms with Crippen LogP contribution in [0.1, 0.15) is 31.4 Å². The Morgan fingerprint density at radius 1 is 1.22 bits per heavy atom. The monoisotopic (exact) mass is 391 g/mol. The molecule has 0 radical (unpaired) electrons. The predicted octanol–water partition coefficient (Wildman–Crippen LogP) is 2.08. The molecule has 1 heterocycles. The fourth-order valence-corrected chi connectivity index (χ4v) is 3.40. The Kier molecular flexibility index (Phi) is 7.35. The van der Waals surface area contributed by atoms with E-state index in [0.717, 1.165) is 16.8 Å². The number of thioether (sulfide) groups is 1. The number of amides is 1. The van der Waals surface area contributed by atoms with Gasteiger partial charge in [-0.2, -0.15) is 4.68 Å². The number of carbonyl (C=O) groups is 2. The number of nitrogens with zero attached hydrogens (tertiary/aromatic N) is 4. The molecule has 2 aromatic rings. The van der Waals surface area contributed by atoms with Gasteiger partial charge >= 0.3 is 5.97 Å². The Bertz CT molecular complexity index is 786. The molecule has 1 amide bonds. The fourth-order valence-electron chi connectivity index (χ4n) is 2.70. The molecule has 0 bridgehead atoms. The van der Waals surface area contributed by atoms with Gasteiger partial charge in [0.05, 0.1) is 18.6 Å². The molecule has 0 aliphatic rings. The Labute approximate surface area is 163 Å². The van der Waals surface area contributed by atoms with Gasteiger partial charge in [-0.15, -0.1) is 5.10 Å². The number of carbonyl (C=O) groups excluding carboxylic acids is 2. The second-order valence-corrected chi connectivity index (χ2v) is 7.72. The molecule has 0 spiro atoms. The van der Waals surface area contributed by atoms with Crippen LogP contribution in [0.4, 0.5) is 0 Å². The highest BCUT2D eigenvalue weighted by atomic mass is 32.2. The molecule has 1 aromatic heterocycles. The van der Waals surface area contributed by atoms with Crippen molar-refractivity contribution in [1.29, 1.82) is 0 Å². The molecule has 9 heteroatoms. The van der Waals surface area contributed by atoms with Crippen LogP contribution >= 0.6 is 11.8 Å². The van der Waals surface area contributed by atoms with Crippen molar-refractivity contribution in [1.82, 2.24) is 25.5 Å². The number of nitrogens with one attached hydrogen (secondary N) is 1. The van der Waals surface area contributed by atoms with Crippen LogP contribution in [0, 0.1) is 19.8 Å². The lowest BCUT2D eigenvalue weighted by molar-refractivity contribution is -0.145. The third-order valence-corrected chi connectivity index (χ3v) is 4.67. The van der Waals surface area contributed by atoms with Crippen LogP contribution < -0.4 is 5.32 Å². The van der Waals surface area contributed by atoms with Gasteiger partial charge in [0, 0.05) is 0 Å². The van der Waals surface area contributed by atoms with Crippen LogP contribution in [-0.2, 0) is 14.3 Å². The van der Waals surface area contributed by atoms with Crippen molar-refractivity contribution >= 4 is 23.6 Å². The summed E-state index contributed by atoms with van der Waals surface area (Å²) in [7, 11) is 1.31. The summed E-state index contributed by atoms with van der Waals surface area (Å²) in [5.74, 6) is -0.372. The first-order chi connectivity index (χ1) is 12.8. The van der Waals surface area contributed by atoms with E-state index < -0.39 is 12.0 Å². The number of hydrogen-bond acceptors (Lipinski definition) is 7. The summed E-state index contributed by atoms with van der Waals surface area (Å²) in [6.45, 7) is 7.97. The number of methoxy groups -OCH3 is 1. The molecule has 0 saturated carbocycles. The van der Waals surface area contributed by atoms with E-state index in [4.69, 9.17) is 4.74 Å². The lowest BCUT2D eigenvalue weighted by Gasteiger charge is -2.18. The fraction of sp³-hybridized carbons (Fsp3) is 0.500. The minimum absolute atomic E-state index is 0.0940. The molecule has 0 fully saturated rings. The summed E-state index contributed by atoms with van der Waals surface area (Å²) in [5, 5.41) is 15.0. The van der Waals surface area contributed by atoms with Crippen LogP contribution in [0.2, 0.25) is 0 Å². The van der Waals surface area contributed by atoms with E-state index in [9.17, 15) is 9.59 Å². The summed E-state index contributed by atoms with van der Waals surface area (Å²) >= 11 is 1.21. The first kappa shape index (κ1) is 20.9. The van der Waals surface area contributed by atoms with E-state index in [-0.39, 0.29) is 17.6 Å². The topological polar surface area (TPSA) is 99.0 Å². The maximum atomic E-state index is 12.3. The van der Waals surface area contributed by atoms with Crippen molar-refractivity contribution in [2.75, 3.05) is 12.9 Å². The molecule has 2 rings (SSSR count). The minimum atomic E-state index is -0.654. The number of tetrazole rings is 1. The quantitative estimate of drug-likeness (QED) is 0.543. The van der Waals surface area contributed by atoms with E-state index in [2.05, 4.69) is 26.9 Å². The lowest BCUT2D eigenvalue weighted by atomic mass is 10.0. The molecular weight excluding hydrogens is 366 g/mol. The molecule has 8 nitrogen and oxygen atoms in total. The van der Waals surface area contributed by atoms with E-state index in [1.54, 1.807) is 4.68 Å². The SMILES string of the molecule is COC(=O)[C@H](CC(C)C)NC(=O)CSc1nnnn1-c1cc(C)cc(C)c1. The van der Waals surface area contributed by atoms with Gasteiger partial charge in [0.2, 0.25) is 11.1 Å². The number of benzene rings is 1. The van der Waals surface area contributed by atoms with Gasteiger partial charge < -0.3 is 10.1 Å². The number of aromatic nitrogens is 4. The number of ether oxygens (including phenoxy) is 1. The molecule has 1 aromatic carbocycles. The zero-order valence-corrected chi connectivity index (χ0v) is 17.0. The van der Waals surface area contributed by atoms with E-state index >= 15 is 0 Å². The van der Waals surface area contributed by atoms with Crippen LogP contribution in [0.3, 0.4) is 0 Å². The Balaban J connectivity index is 2.03. The highest BCUT2D eigenvalue weighted by Gasteiger charge is 2.23. The average molecular weight is 391 g/mol. The number of rotatable bonds is 8. The van der Waals surface area contributed by atoms with E-state index in [1.807, 2.05) is 39.8 Å². The van der Waals surface area contributed by atoms with Gasteiger partial charge in [0.1, 0.15) is 6.04 Å². The maximum absolute atomic E-state index is 12.3. The van der Waals surface area contributed by atoms with Gasteiger partial charge in [-0.1, -0.05) is 31.7 Å². The highest BCUT2D eigenvalue weighted by Crippen LogP contribution is 2.20.